The molecule has 8 heteroatoms. The van der Waals surface area contributed by atoms with Crippen LogP contribution in [0.2, 0.25) is 0 Å². The minimum Gasteiger partial charge on any atom is -0.490 e. The Balaban J connectivity index is 1.84. The molecule has 144 valence electrons. The number of halogens is 3. The normalized spacial score (nSPS) is 17.2. The maximum absolute atomic E-state index is 12.6. The zero-order valence-corrected chi connectivity index (χ0v) is 16.2. The van der Waals surface area contributed by atoms with E-state index in [1.807, 2.05) is 29.2 Å². The van der Waals surface area contributed by atoms with E-state index >= 15 is 0 Å². The summed E-state index contributed by atoms with van der Waals surface area (Å²) in [6, 6.07) is 12.6. The lowest BCUT2D eigenvalue weighted by Gasteiger charge is -2.24. The predicted octanol–water partition coefficient (Wildman–Crippen LogP) is 4.08. The number of nitrogens with one attached hydrogen (secondary N) is 1. The Labute approximate surface area is 164 Å². The number of rotatable bonds is 7. The Kier molecular flexibility index (Phi) is 6.28. The molecule has 3 rings (SSSR count). The van der Waals surface area contributed by atoms with Crippen LogP contribution in [0.3, 0.4) is 0 Å². The summed E-state index contributed by atoms with van der Waals surface area (Å²) in [5, 5.41) is 2.91. The molecule has 1 aliphatic rings. The maximum Gasteiger partial charge on any atom is 0.387 e. The van der Waals surface area contributed by atoms with E-state index in [1.165, 1.54) is 6.07 Å². The van der Waals surface area contributed by atoms with Gasteiger partial charge in [-0.1, -0.05) is 34.1 Å². The number of hydrogen-bond acceptors (Lipinski definition) is 4. The van der Waals surface area contributed by atoms with Crippen LogP contribution in [0.5, 0.6) is 11.5 Å². The lowest BCUT2D eigenvalue weighted by molar-refractivity contribution is -0.118. The van der Waals surface area contributed by atoms with Crippen LogP contribution in [0.15, 0.2) is 46.9 Å². The van der Waals surface area contributed by atoms with Gasteiger partial charge >= 0.3 is 6.61 Å². The fourth-order valence-electron chi connectivity index (χ4n) is 2.99. The van der Waals surface area contributed by atoms with Crippen molar-refractivity contribution in [3.8, 4) is 11.5 Å². The molecule has 0 aliphatic carbocycles. The molecule has 0 bridgehead atoms. The number of carbonyl (C=O) groups is 1. The van der Waals surface area contributed by atoms with Crippen LogP contribution >= 0.6 is 15.9 Å². The van der Waals surface area contributed by atoms with Crippen molar-refractivity contribution in [1.29, 1.82) is 0 Å². The number of nitrogens with zero attached hydrogens (tertiary/aromatic N) is 1. The molecular weight excluding hydrogens is 422 g/mol. The standard InChI is InChI=1S/C19H19BrF2N2O3/c1-2-26-16-9-13(5-8-15(16)27-19(21)22)18-23-17(25)11-24(18)10-12-3-6-14(20)7-4-12/h3-9,18-19H,2,10-11H2,1H3,(H,23,25)/t18-/m1/s1. The number of hydrogen-bond donors (Lipinski definition) is 1. The lowest BCUT2D eigenvalue weighted by Crippen LogP contribution is -2.27. The number of amides is 1. The number of carbonyl (C=O) groups excluding carboxylic acids is 1. The minimum atomic E-state index is -2.94. The van der Waals surface area contributed by atoms with Crippen molar-refractivity contribution in [3.05, 3.63) is 58.1 Å². The van der Waals surface area contributed by atoms with Gasteiger partial charge in [-0.15, -0.1) is 0 Å². The molecule has 1 amide bonds. The van der Waals surface area contributed by atoms with Crippen molar-refractivity contribution < 1.29 is 23.0 Å². The van der Waals surface area contributed by atoms with Crippen LogP contribution in [-0.2, 0) is 11.3 Å². The van der Waals surface area contributed by atoms with Gasteiger partial charge in [0.1, 0.15) is 6.17 Å². The molecule has 0 unspecified atom stereocenters. The van der Waals surface area contributed by atoms with Gasteiger partial charge in [-0.05, 0) is 42.3 Å². The van der Waals surface area contributed by atoms with Crippen LogP contribution in [0.25, 0.3) is 0 Å². The Bertz CT molecular complexity index is 802. The summed E-state index contributed by atoms with van der Waals surface area (Å²) in [7, 11) is 0. The highest BCUT2D eigenvalue weighted by Gasteiger charge is 2.31. The lowest BCUT2D eigenvalue weighted by atomic mass is 10.1. The van der Waals surface area contributed by atoms with E-state index in [2.05, 4.69) is 26.0 Å². The van der Waals surface area contributed by atoms with E-state index in [9.17, 15) is 13.6 Å². The first-order chi connectivity index (χ1) is 13.0. The van der Waals surface area contributed by atoms with Gasteiger partial charge in [0.15, 0.2) is 11.5 Å². The molecule has 1 N–H and O–H groups in total. The topological polar surface area (TPSA) is 50.8 Å². The molecule has 27 heavy (non-hydrogen) atoms. The zero-order chi connectivity index (χ0) is 19.4. The van der Waals surface area contributed by atoms with Crippen molar-refractivity contribution in [1.82, 2.24) is 10.2 Å². The highest BCUT2D eigenvalue weighted by Crippen LogP contribution is 2.34. The molecule has 1 aliphatic heterocycles. The number of alkyl halides is 2. The summed E-state index contributed by atoms with van der Waals surface area (Å²) in [4.78, 5) is 14.0. The number of benzene rings is 2. The molecule has 0 saturated carbocycles. The molecule has 0 aromatic heterocycles. The van der Waals surface area contributed by atoms with Crippen molar-refractivity contribution in [2.75, 3.05) is 13.2 Å². The Hall–Kier alpha value is -2.19. The Morgan fingerprint density at radius 2 is 1.96 bits per heavy atom. The first-order valence-electron chi connectivity index (χ1n) is 8.45. The average Bonchev–Trinajstić information content (AvgIpc) is 2.98. The van der Waals surface area contributed by atoms with Gasteiger partial charge in [-0.25, -0.2) is 0 Å². The van der Waals surface area contributed by atoms with Crippen molar-refractivity contribution in [2.45, 2.75) is 26.2 Å². The zero-order valence-electron chi connectivity index (χ0n) is 14.6. The monoisotopic (exact) mass is 440 g/mol. The van der Waals surface area contributed by atoms with Crippen LogP contribution in [-0.4, -0.2) is 30.6 Å². The van der Waals surface area contributed by atoms with Gasteiger partial charge in [-0.2, -0.15) is 8.78 Å². The summed E-state index contributed by atoms with van der Waals surface area (Å²) < 4.78 is 36.1. The van der Waals surface area contributed by atoms with Gasteiger partial charge < -0.3 is 14.8 Å². The predicted molar refractivity (Wildman–Crippen MR) is 99.7 cm³/mol. The second-order valence-electron chi connectivity index (χ2n) is 6.02. The maximum atomic E-state index is 12.6. The highest BCUT2D eigenvalue weighted by molar-refractivity contribution is 9.10. The first kappa shape index (κ1) is 19.6. The summed E-state index contributed by atoms with van der Waals surface area (Å²) in [6.07, 6.45) is -0.374. The van der Waals surface area contributed by atoms with Gasteiger partial charge in [0, 0.05) is 11.0 Å². The van der Waals surface area contributed by atoms with E-state index < -0.39 is 6.61 Å². The van der Waals surface area contributed by atoms with E-state index in [-0.39, 0.29) is 30.1 Å². The van der Waals surface area contributed by atoms with Crippen LogP contribution in [0.1, 0.15) is 24.2 Å². The fourth-order valence-corrected chi connectivity index (χ4v) is 3.25. The van der Waals surface area contributed by atoms with Gasteiger partial charge in [-0.3, -0.25) is 9.69 Å². The third-order valence-electron chi connectivity index (χ3n) is 4.11. The van der Waals surface area contributed by atoms with Crippen LogP contribution in [0, 0.1) is 0 Å². The molecule has 2 aromatic rings. The third kappa shape index (κ3) is 4.95. The Morgan fingerprint density at radius 3 is 2.63 bits per heavy atom. The van der Waals surface area contributed by atoms with E-state index in [4.69, 9.17) is 4.74 Å². The average molecular weight is 441 g/mol. The molecule has 1 saturated heterocycles. The van der Waals surface area contributed by atoms with Gasteiger partial charge in [0.05, 0.1) is 13.2 Å². The molecule has 1 atom stereocenters. The highest BCUT2D eigenvalue weighted by atomic mass is 79.9. The van der Waals surface area contributed by atoms with Crippen molar-refractivity contribution in [2.24, 2.45) is 0 Å². The second kappa shape index (κ2) is 8.67. The number of ether oxygens (including phenoxy) is 2. The van der Waals surface area contributed by atoms with E-state index in [1.54, 1.807) is 19.1 Å². The molecule has 1 fully saturated rings. The molecule has 0 radical (unpaired) electrons. The first-order valence-corrected chi connectivity index (χ1v) is 9.25. The van der Waals surface area contributed by atoms with Crippen LogP contribution < -0.4 is 14.8 Å². The third-order valence-corrected chi connectivity index (χ3v) is 4.64. The molecule has 1 heterocycles. The van der Waals surface area contributed by atoms with Crippen LogP contribution in [0.4, 0.5) is 8.78 Å². The second-order valence-corrected chi connectivity index (χ2v) is 6.93. The molecule has 5 nitrogen and oxygen atoms in total. The van der Waals surface area contributed by atoms with Crippen molar-refractivity contribution in [3.63, 3.8) is 0 Å². The quantitative estimate of drug-likeness (QED) is 0.704. The SMILES string of the molecule is CCOc1cc([C@@H]2NC(=O)CN2Cc2ccc(Br)cc2)ccc1OC(F)F. The molecule has 2 aromatic carbocycles. The summed E-state index contributed by atoms with van der Waals surface area (Å²) in [6.45, 7) is -0.0515. The smallest absolute Gasteiger partial charge is 0.387 e. The van der Waals surface area contributed by atoms with E-state index in [0.29, 0.717) is 13.2 Å². The minimum absolute atomic E-state index is 0.0283. The summed E-state index contributed by atoms with van der Waals surface area (Å²) in [5.74, 6) is 0.0994. The molecular formula is C19H19BrF2N2O3. The summed E-state index contributed by atoms with van der Waals surface area (Å²) >= 11 is 3.40. The Morgan fingerprint density at radius 1 is 1.22 bits per heavy atom. The van der Waals surface area contributed by atoms with Gasteiger partial charge in [0.2, 0.25) is 5.91 Å². The largest absolute Gasteiger partial charge is 0.490 e. The molecule has 0 spiro atoms. The van der Waals surface area contributed by atoms with Crippen molar-refractivity contribution >= 4 is 21.8 Å². The fraction of sp³-hybridized carbons (Fsp3) is 0.316. The summed E-state index contributed by atoms with van der Waals surface area (Å²) in [5.41, 5.74) is 1.80. The van der Waals surface area contributed by atoms with Gasteiger partial charge in [0.25, 0.3) is 0 Å². The van der Waals surface area contributed by atoms with E-state index in [0.717, 1.165) is 15.6 Å².